The van der Waals surface area contributed by atoms with E-state index in [2.05, 4.69) is 10.7 Å². The van der Waals surface area contributed by atoms with Crippen LogP contribution in [-0.4, -0.2) is 28.7 Å². The van der Waals surface area contributed by atoms with Gasteiger partial charge in [-0.05, 0) is 18.1 Å². The summed E-state index contributed by atoms with van der Waals surface area (Å²) in [5.74, 6) is -3.89. The lowest BCUT2D eigenvalue weighted by molar-refractivity contribution is -0.438. The number of aromatic amines is 1. The molecule has 2 rings (SSSR count). The van der Waals surface area contributed by atoms with E-state index in [0.717, 1.165) is 16.5 Å². The molecule has 0 spiro atoms. The zero-order valence-corrected chi connectivity index (χ0v) is 14.1. The number of carboxylic acid groups (broad SMARTS) is 2. The molecule has 0 aliphatic heterocycles. The molecule has 0 saturated carbocycles. The highest BCUT2D eigenvalue weighted by molar-refractivity contribution is 5.86. The van der Waals surface area contributed by atoms with Crippen LogP contribution < -0.4 is 22.1 Å². The lowest BCUT2D eigenvalue weighted by Crippen LogP contribution is -2.68. The molecule has 0 unspecified atom stereocenters. The lowest BCUT2D eigenvalue weighted by atomic mass is 9.92. The third kappa shape index (κ3) is 5.40. The molecule has 2 atom stereocenters. The zero-order chi connectivity index (χ0) is 17.7. The molecule has 1 heterocycles. The first-order valence-electron chi connectivity index (χ1n) is 7.70. The molecular weight excluding hydrogens is 326 g/mol. The van der Waals surface area contributed by atoms with Crippen LogP contribution in [-0.2, 0) is 20.8 Å². The van der Waals surface area contributed by atoms with E-state index in [1.807, 2.05) is 24.3 Å². The highest BCUT2D eigenvalue weighted by atomic mass is 16.4. The molecule has 0 aliphatic carbocycles. The number of hydrogen-bond donors (Lipinski definition) is 3. The van der Waals surface area contributed by atoms with Gasteiger partial charge in [0.2, 0.25) is 0 Å². The Kier molecular flexibility index (Phi) is 7.28. The minimum absolute atomic E-state index is 0. The predicted molar refractivity (Wildman–Crippen MR) is 87.0 cm³/mol. The van der Waals surface area contributed by atoms with Gasteiger partial charge in [-0.15, -0.1) is 0 Å². The van der Waals surface area contributed by atoms with Crippen LogP contribution in [0, 0.1) is 5.92 Å². The number of benzene rings is 1. The standard InChI is InChI=1S/C17H20N2O5.H3N/c18-14(17(23)24)6-5-12(20)8-10(16(21)22)7-11-9-19-15-4-2-1-3-13(11)15;/h1-4,9-10,14,19H,5-8,18H2,(H,21,22)(H,23,24);1H3/t10-,14+;/m1./s1. The highest BCUT2D eigenvalue weighted by Gasteiger charge is 2.19. The number of fused-ring (bicyclic) bond motifs is 1. The Labute approximate surface area is 144 Å². The SMILES string of the molecule is [NH3+][C@@H](CCC(=O)C[C@@H](Cc1c[nH]c2ccccc12)C(=O)[O-])C(=O)[O-].[NH4+]. The average Bonchev–Trinajstić information content (AvgIpc) is 2.95. The first-order chi connectivity index (χ1) is 11.4. The predicted octanol–water partition coefficient (Wildman–Crippen LogP) is -1.45. The molecule has 0 fully saturated rings. The Morgan fingerprint density at radius 2 is 1.80 bits per heavy atom. The van der Waals surface area contributed by atoms with E-state index in [1.165, 1.54) is 0 Å². The van der Waals surface area contributed by atoms with Crippen molar-refractivity contribution in [3.63, 3.8) is 0 Å². The summed E-state index contributed by atoms with van der Waals surface area (Å²) in [5.41, 5.74) is 5.07. The van der Waals surface area contributed by atoms with Crippen LogP contribution in [0.2, 0.25) is 0 Å². The van der Waals surface area contributed by atoms with Gasteiger partial charge in [-0.1, -0.05) is 18.2 Å². The van der Waals surface area contributed by atoms with E-state index < -0.39 is 23.9 Å². The molecule has 1 aromatic heterocycles. The maximum Gasteiger partial charge on any atom is 0.133 e. The summed E-state index contributed by atoms with van der Waals surface area (Å²) < 4.78 is 0. The van der Waals surface area contributed by atoms with Crippen molar-refractivity contribution in [3.05, 3.63) is 36.0 Å². The molecule has 8 nitrogen and oxygen atoms in total. The van der Waals surface area contributed by atoms with Gasteiger partial charge in [0.1, 0.15) is 11.8 Å². The van der Waals surface area contributed by atoms with Gasteiger partial charge in [-0.2, -0.15) is 0 Å². The van der Waals surface area contributed by atoms with Crippen molar-refractivity contribution in [2.45, 2.75) is 31.7 Å². The fourth-order valence-corrected chi connectivity index (χ4v) is 2.63. The third-order valence-electron chi connectivity index (χ3n) is 4.05. The van der Waals surface area contributed by atoms with Crippen molar-refractivity contribution in [3.8, 4) is 0 Å². The maximum absolute atomic E-state index is 11.9. The Bertz CT molecular complexity index is 756. The van der Waals surface area contributed by atoms with Crippen LogP contribution in [0.15, 0.2) is 30.5 Å². The Morgan fingerprint density at radius 3 is 2.44 bits per heavy atom. The summed E-state index contributed by atoms with van der Waals surface area (Å²) in [6.07, 6.45) is 1.70. The normalized spacial score (nSPS) is 13.0. The van der Waals surface area contributed by atoms with Crippen molar-refractivity contribution in [2.24, 2.45) is 5.92 Å². The minimum Gasteiger partial charge on any atom is -0.550 e. The second-order valence-corrected chi connectivity index (χ2v) is 5.88. The molecular formula is C17H23N3O5. The summed E-state index contributed by atoms with van der Waals surface area (Å²) in [4.78, 5) is 36.9. The minimum atomic E-state index is -1.32. The van der Waals surface area contributed by atoms with Gasteiger partial charge in [-0.3, -0.25) is 4.79 Å². The molecule has 0 aliphatic rings. The summed E-state index contributed by atoms with van der Waals surface area (Å²) >= 11 is 0. The molecule has 0 radical (unpaired) electrons. The van der Waals surface area contributed by atoms with Crippen molar-refractivity contribution in [1.29, 1.82) is 0 Å². The van der Waals surface area contributed by atoms with Crippen molar-refractivity contribution >= 4 is 28.6 Å². The van der Waals surface area contributed by atoms with Crippen LogP contribution >= 0.6 is 0 Å². The Morgan fingerprint density at radius 1 is 1.12 bits per heavy atom. The fourth-order valence-electron chi connectivity index (χ4n) is 2.63. The largest absolute Gasteiger partial charge is 0.550 e. The van der Waals surface area contributed by atoms with Gasteiger partial charge in [0.25, 0.3) is 0 Å². The first kappa shape index (κ1) is 20.3. The number of ketones is 1. The van der Waals surface area contributed by atoms with Crippen molar-refractivity contribution < 1.29 is 30.3 Å². The third-order valence-corrected chi connectivity index (χ3v) is 4.05. The Balaban J connectivity index is 0.00000312. The summed E-state index contributed by atoms with van der Waals surface area (Å²) in [6.45, 7) is 0. The molecule has 136 valence electrons. The highest BCUT2D eigenvalue weighted by Crippen LogP contribution is 2.22. The first-order valence-corrected chi connectivity index (χ1v) is 7.70. The van der Waals surface area contributed by atoms with Gasteiger partial charge in [0.05, 0.1) is 5.97 Å². The van der Waals surface area contributed by atoms with Gasteiger partial charge < -0.3 is 36.7 Å². The van der Waals surface area contributed by atoms with Crippen LogP contribution in [0.3, 0.4) is 0 Å². The van der Waals surface area contributed by atoms with E-state index >= 15 is 0 Å². The maximum atomic E-state index is 11.9. The van der Waals surface area contributed by atoms with E-state index in [0.29, 0.717) is 0 Å². The molecule has 0 bridgehead atoms. The van der Waals surface area contributed by atoms with Crippen molar-refractivity contribution in [1.82, 2.24) is 11.1 Å². The van der Waals surface area contributed by atoms with Gasteiger partial charge in [0, 0.05) is 48.2 Å². The topological polar surface area (TPSA) is 177 Å². The van der Waals surface area contributed by atoms with E-state index in [1.54, 1.807) is 6.20 Å². The van der Waals surface area contributed by atoms with Gasteiger partial charge >= 0.3 is 0 Å². The summed E-state index contributed by atoms with van der Waals surface area (Å²) in [6, 6.07) is 6.50. The smallest absolute Gasteiger partial charge is 0.133 e. The van der Waals surface area contributed by atoms with Crippen molar-refractivity contribution in [2.75, 3.05) is 0 Å². The number of carboxylic acids is 2. The average molecular weight is 349 g/mol. The lowest BCUT2D eigenvalue weighted by Gasteiger charge is -2.17. The number of para-hydroxylation sites is 1. The second kappa shape index (κ2) is 8.95. The zero-order valence-electron chi connectivity index (χ0n) is 14.1. The fraction of sp³-hybridized carbons (Fsp3) is 0.353. The number of Topliss-reactive ketones (excluding diaryl/α,β-unsaturated/α-hetero) is 1. The monoisotopic (exact) mass is 349 g/mol. The van der Waals surface area contributed by atoms with Crippen LogP contribution in [0.5, 0.6) is 0 Å². The van der Waals surface area contributed by atoms with Gasteiger partial charge in [-0.25, -0.2) is 0 Å². The van der Waals surface area contributed by atoms with E-state index in [4.69, 9.17) is 0 Å². The second-order valence-electron chi connectivity index (χ2n) is 5.88. The summed E-state index contributed by atoms with van der Waals surface area (Å²) in [7, 11) is 0. The molecule has 1 aromatic carbocycles. The molecule has 8 heteroatoms. The van der Waals surface area contributed by atoms with E-state index in [-0.39, 0.29) is 37.6 Å². The number of H-pyrrole nitrogens is 1. The number of carbonyl (C=O) groups excluding carboxylic acids is 3. The van der Waals surface area contributed by atoms with Crippen LogP contribution in [0.4, 0.5) is 0 Å². The van der Waals surface area contributed by atoms with Crippen LogP contribution in [0.25, 0.3) is 10.9 Å². The number of carbonyl (C=O) groups is 3. The summed E-state index contributed by atoms with van der Waals surface area (Å²) in [5, 5.41) is 22.8. The molecule has 0 saturated heterocycles. The number of quaternary nitrogens is 2. The number of aromatic nitrogens is 1. The molecule has 2 aromatic rings. The number of aliphatic carboxylic acids is 2. The Hall–Kier alpha value is -2.71. The molecule has 25 heavy (non-hydrogen) atoms. The van der Waals surface area contributed by atoms with Gasteiger partial charge in [0.15, 0.2) is 0 Å². The number of nitrogens with one attached hydrogen (secondary N) is 1. The molecule has 0 amide bonds. The van der Waals surface area contributed by atoms with Crippen LogP contribution in [0.1, 0.15) is 24.8 Å². The molecule has 8 N–H and O–H groups in total. The van der Waals surface area contributed by atoms with E-state index in [9.17, 15) is 24.6 Å². The quantitative estimate of drug-likeness (QED) is 0.500. The number of rotatable bonds is 9. The number of hydrogen-bond acceptors (Lipinski definition) is 5.